The maximum absolute atomic E-state index is 12.4. The number of primary sulfonamides is 1. The van der Waals surface area contributed by atoms with Gasteiger partial charge in [0.15, 0.2) is 11.5 Å². The maximum atomic E-state index is 12.4. The molecule has 10 heteroatoms. The van der Waals surface area contributed by atoms with E-state index in [1.807, 2.05) is 11.9 Å². The van der Waals surface area contributed by atoms with Gasteiger partial charge in [-0.25, -0.2) is 13.6 Å². The SMILES string of the molecule is COc1cc(CN(C)CCOc2ccc(S(N)(=O)=O)cc2)ccc1OC(F)F. The second-order valence-electron chi connectivity index (χ2n) is 5.97. The Hall–Kier alpha value is -2.43. The first-order chi connectivity index (χ1) is 13.2. The lowest BCUT2D eigenvalue weighted by molar-refractivity contribution is -0.0512. The first-order valence-electron chi connectivity index (χ1n) is 8.25. The molecule has 7 nitrogen and oxygen atoms in total. The number of halogens is 2. The third-order valence-corrected chi connectivity index (χ3v) is 4.72. The molecule has 0 atom stereocenters. The van der Waals surface area contributed by atoms with Gasteiger partial charge in [0.05, 0.1) is 12.0 Å². The summed E-state index contributed by atoms with van der Waals surface area (Å²) in [7, 11) is -0.465. The largest absolute Gasteiger partial charge is 0.493 e. The van der Waals surface area contributed by atoms with Crippen LogP contribution in [0.5, 0.6) is 17.2 Å². The molecule has 0 fully saturated rings. The van der Waals surface area contributed by atoms with Crippen molar-refractivity contribution in [2.75, 3.05) is 27.3 Å². The Bertz CT molecular complexity index is 876. The monoisotopic (exact) mass is 416 g/mol. The zero-order chi connectivity index (χ0) is 20.7. The van der Waals surface area contributed by atoms with Gasteiger partial charge in [-0.2, -0.15) is 8.78 Å². The molecule has 2 aromatic carbocycles. The van der Waals surface area contributed by atoms with Crippen LogP contribution in [-0.4, -0.2) is 47.2 Å². The first kappa shape index (κ1) is 21.9. The first-order valence-corrected chi connectivity index (χ1v) is 9.79. The van der Waals surface area contributed by atoms with E-state index in [0.717, 1.165) is 5.56 Å². The number of sulfonamides is 1. The van der Waals surface area contributed by atoms with Crippen LogP contribution in [0.3, 0.4) is 0 Å². The van der Waals surface area contributed by atoms with Crippen LogP contribution in [0.15, 0.2) is 47.4 Å². The molecule has 0 aromatic heterocycles. The number of rotatable bonds is 10. The highest BCUT2D eigenvalue weighted by Gasteiger charge is 2.12. The molecule has 0 saturated carbocycles. The van der Waals surface area contributed by atoms with E-state index in [-0.39, 0.29) is 16.4 Å². The normalized spacial score (nSPS) is 11.7. The number of hydrogen-bond acceptors (Lipinski definition) is 6. The van der Waals surface area contributed by atoms with Gasteiger partial charge in [-0.05, 0) is 49.0 Å². The van der Waals surface area contributed by atoms with Crippen molar-refractivity contribution >= 4 is 10.0 Å². The summed E-state index contributed by atoms with van der Waals surface area (Å²) >= 11 is 0. The van der Waals surface area contributed by atoms with E-state index in [0.29, 0.717) is 25.4 Å². The number of likely N-dealkylation sites (N-methyl/N-ethyl adjacent to an activating group) is 1. The van der Waals surface area contributed by atoms with E-state index in [9.17, 15) is 17.2 Å². The smallest absolute Gasteiger partial charge is 0.387 e. The van der Waals surface area contributed by atoms with Crippen molar-refractivity contribution in [3.63, 3.8) is 0 Å². The summed E-state index contributed by atoms with van der Waals surface area (Å²) in [5.41, 5.74) is 0.860. The lowest BCUT2D eigenvalue weighted by atomic mass is 10.2. The number of methoxy groups -OCH3 is 1. The molecule has 28 heavy (non-hydrogen) atoms. The van der Waals surface area contributed by atoms with Crippen LogP contribution in [-0.2, 0) is 16.6 Å². The summed E-state index contributed by atoms with van der Waals surface area (Å²) in [4.78, 5) is 1.99. The quantitative estimate of drug-likeness (QED) is 0.640. The van der Waals surface area contributed by atoms with Crippen LogP contribution in [0.2, 0.25) is 0 Å². The predicted octanol–water partition coefficient (Wildman–Crippen LogP) is 2.45. The molecule has 0 aliphatic heterocycles. The molecule has 2 aromatic rings. The molecule has 0 aliphatic carbocycles. The number of benzene rings is 2. The highest BCUT2D eigenvalue weighted by molar-refractivity contribution is 7.89. The average Bonchev–Trinajstić information content (AvgIpc) is 2.62. The summed E-state index contributed by atoms with van der Waals surface area (Å²) in [6, 6.07) is 10.6. The predicted molar refractivity (Wildman–Crippen MR) is 99.3 cm³/mol. The minimum atomic E-state index is -3.73. The van der Waals surface area contributed by atoms with Crippen LogP contribution < -0.4 is 19.3 Å². The third-order valence-electron chi connectivity index (χ3n) is 3.79. The van der Waals surface area contributed by atoms with E-state index < -0.39 is 16.6 Å². The highest BCUT2D eigenvalue weighted by atomic mass is 32.2. The van der Waals surface area contributed by atoms with Gasteiger partial charge in [0.1, 0.15) is 12.4 Å². The summed E-state index contributed by atoms with van der Waals surface area (Å²) in [5.74, 6) is 0.739. The van der Waals surface area contributed by atoms with E-state index in [4.69, 9.17) is 14.6 Å². The number of alkyl halides is 2. The maximum Gasteiger partial charge on any atom is 0.387 e. The van der Waals surface area contributed by atoms with Gasteiger partial charge in [-0.1, -0.05) is 6.07 Å². The van der Waals surface area contributed by atoms with Crippen molar-refractivity contribution in [3.05, 3.63) is 48.0 Å². The van der Waals surface area contributed by atoms with E-state index in [2.05, 4.69) is 4.74 Å². The third kappa shape index (κ3) is 6.63. The molecule has 0 radical (unpaired) electrons. The number of hydrogen-bond donors (Lipinski definition) is 1. The molecule has 0 amide bonds. The Balaban J connectivity index is 1.86. The molecule has 0 unspecified atom stereocenters. The van der Waals surface area contributed by atoms with Crippen molar-refractivity contribution in [1.82, 2.24) is 4.90 Å². The van der Waals surface area contributed by atoms with Crippen LogP contribution in [0, 0.1) is 0 Å². The summed E-state index contributed by atoms with van der Waals surface area (Å²) in [6.45, 7) is -1.43. The van der Waals surface area contributed by atoms with Crippen LogP contribution in [0.25, 0.3) is 0 Å². The van der Waals surface area contributed by atoms with Gasteiger partial charge in [0.2, 0.25) is 10.0 Å². The second kappa shape index (κ2) is 9.67. The Kier molecular flexibility index (Phi) is 7.55. The lowest BCUT2D eigenvalue weighted by Crippen LogP contribution is -2.24. The Labute approximate surface area is 162 Å². The van der Waals surface area contributed by atoms with E-state index in [1.165, 1.54) is 37.4 Å². The van der Waals surface area contributed by atoms with E-state index in [1.54, 1.807) is 12.1 Å². The van der Waals surface area contributed by atoms with Crippen LogP contribution in [0.1, 0.15) is 5.56 Å². The van der Waals surface area contributed by atoms with Gasteiger partial charge in [-0.15, -0.1) is 0 Å². The summed E-state index contributed by atoms with van der Waals surface area (Å²) < 4.78 is 62.3. The molecule has 0 saturated heterocycles. The van der Waals surface area contributed by atoms with Gasteiger partial charge in [-0.3, -0.25) is 4.90 Å². The minimum absolute atomic E-state index is 0.0184. The Morgan fingerprint density at radius 2 is 1.79 bits per heavy atom. The molecule has 154 valence electrons. The summed E-state index contributed by atoms with van der Waals surface area (Å²) in [5, 5.41) is 5.04. The van der Waals surface area contributed by atoms with Crippen LogP contribution in [0.4, 0.5) is 8.78 Å². The zero-order valence-electron chi connectivity index (χ0n) is 15.5. The molecular formula is C18H22F2N2O5S. The summed E-state index contributed by atoms with van der Waals surface area (Å²) in [6.07, 6.45) is 0. The Morgan fingerprint density at radius 3 is 2.36 bits per heavy atom. The van der Waals surface area contributed by atoms with Crippen LogP contribution >= 0.6 is 0 Å². The van der Waals surface area contributed by atoms with Crippen molar-refractivity contribution in [3.8, 4) is 17.2 Å². The molecule has 0 spiro atoms. The Morgan fingerprint density at radius 1 is 1.11 bits per heavy atom. The van der Waals surface area contributed by atoms with Gasteiger partial charge in [0.25, 0.3) is 0 Å². The lowest BCUT2D eigenvalue weighted by Gasteiger charge is -2.18. The van der Waals surface area contributed by atoms with Crippen molar-refractivity contribution in [2.24, 2.45) is 5.14 Å². The number of nitrogens with zero attached hydrogens (tertiary/aromatic N) is 1. The fourth-order valence-electron chi connectivity index (χ4n) is 2.44. The van der Waals surface area contributed by atoms with Gasteiger partial charge >= 0.3 is 6.61 Å². The molecule has 2 N–H and O–H groups in total. The fraction of sp³-hybridized carbons (Fsp3) is 0.333. The molecule has 0 aliphatic rings. The average molecular weight is 416 g/mol. The molecule has 2 rings (SSSR count). The second-order valence-corrected chi connectivity index (χ2v) is 7.53. The zero-order valence-corrected chi connectivity index (χ0v) is 16.3. The topological polar surface area (TPSA) is 91.1 Å². The molecule has 0 heterocycles. The number of nitrogens with two attached hydrogens (primary N) is 1. The minimum Gasteiger partial charge on any atom is -0.493 e. The molecular weight excluding hydrogens is 394 g/mol. The number of ether oxygens (including phenoxy) is 3. The highest BCUT2D eigenvalue weighted by Crippen LogP contribution is 2.29. The standard InChI is InChI=1S/C18H22F2N2O5S/c1-22(9-10-26-14-4-6-15(7-5-14)28(21,23)24)12-13-3-8-16(27-18(19)20)17(11-13)25-2/h3-8,11,18H,9-10,12H2,1-2H3,(H2,21,23,24). The van der Waals surface area contributed by atoms with Crippen molar-refractivity contribution < 1.29 is 31.4 Å². The molecule has 0 bridgehead atoms. The fourth-order valence-corrected chi connectivity index (χ4v) is 2.95. The van der Waals surface area contributed by atoms with E-state index >= 15 is 0 Å². The van der Waals surface area contributed by atoms with Crippen molar-refractivity contribution in [2.45, 2.75) is 18.1 Å². The van der Waals surface area contributed by atoms with Crippen molar-refractivity contribution in [1.29, 1.82) is 0 Å². The van der Waals surface area contributed by atoms with Gasteiger partial charge < -0.3 is 14.2 Å². The van der Waals surface area contributed by atoms with Gasteiger partial charge in [0, 0.05) is 13.1 Å².